The summed E-state index contributed by atoms with van der Waals surface area (Å²) < 4.78 is 0.775. The van der Waals surface area contributed by atoms with Crippen LogP contribution in [0.2, 0.25) is 0 Å². The molecular formula is C23H18N4OS3. The van der Waals surface area contributed by atoms with Gasteiger partial charge in [0.25, 0.3) is 0 Å². The van der Waals surface area contributed by atoms with Gasteiger partial charge in [0.2, 0.25) is 11.0 Å². The molecule has 1 aromatic heterocycles. The Hall–Kier alpha value is -2.81. The van der Waals surface area contributed by atoms with Crippen LogP contribution in [0.1, 0.15) is 5.56 Å². The third kappa shape index (κ3) is 4.46. The molecule has 4 aromatic rings. The van der Waals surface area contributed by atoms with Gasteiger partial charge in [-0.05, 0) is 29.8 Å². The minimum Gasteiger partial charge on any atom is -0.356 e. The first-order valence-corrected chi connectivity index (χ1v) is 12.3. The fraction of sp³-hybridized carbons (Fsp3) is 0.0870. The second-order valence-electron chi connectivity index (χ2n) is 6.77. The Morgan fingerprint density at radius 3 is 2.23 bits per heavy atom. The van der Waals surface area contributed by atoms with E-state index in [1.54, 1.807) is 11.8 Å². The molecule has 5 rings (SSSR count). The van der Waals surface area contributed by atoms with Gasteiger partial charge in [-0.2, -0.15) is 0 Å². The molecule has 1 aliphatic rings. The highest BCUT2D eigenvalue weighted by atomic mass is 32.2. The van der Waals surface area contributed by atoms with Crippen LogP contribution in [0.25, 0.3) is 0 Å². The first-order chi connectivity index (χ1) is 15.3. The Kier molecular flexibility index (Phi) is 5.93. The highest BCUT2D eigenvalue weighted by Crippen LogP contribution is 2.48. The van der Waals surface area contributed by atoms with Crippen LogP contribution >= 0.6 is 34.9 Å². The van der Waals surface area contributed by atoms with Gasteiger partial charge in [-0.15, -0.1) is 10.2 Å². The van der Waals surface area contributed by atoms with E-state index in [2.05, 4.69) is 39.8 Å². The lowest BCUT2D eigenvalue weighted by Crippen LogP contribution is -2.29. The van der Waals surface area contributed by atoms with Gasteiger partial charge in [-0.25, -0.2) is 0 Å². The van der Waals surface area contributed by atoms with E-state index in [1.807, 2.05) is 59.5 Å². The molecule has 0 saturated heterocycles. The first-order valence-electron chi connectivity index (χ1n) is 9.71. The van der Waals surface area contributed by atoms with Crippen molar-refractivity contribution in [1.29, 1.82) is 0 Å². The van der Waals surface area contributed by atoms with E-state index in [-0.39, 0.29) is 5.91 Å². The lowest BCUT2D eigenvalue weighted by atomic mass is 10.2. The number of hydrogen-bond acceptors (Lipinski definition) is 7. The molecule has 1 N–H and O–H groups in total. The Balaban J connectivity index is 1.27. The summed E-state index contributed by atoms with van der Waals surface area (Å²) in [7, 11) is 0. The number of hydrogen-bond donors (Lipinski definition) is 1. The van der Waals surface area contributed by atoms with Crippen LogP contribution in [0.4, 0.5) is 16.5 Å². The van der Waals surface area contributed by atoms with Gasteiger partial charge in [-0.1, -0.05) is 89.5 Å². The molecule has 0 fully saturated rings. The minimum absolute atomic E-state index is 0.0270. The molecule has 2 heterocycles. The van der Waals surface area contributed by atoms with Gasteiger partial charge in [-0.3, -0.25) is 9.69 Å². The number of anilines is 3. The first kappa shape index (κ1) is 20.1. The normalized spacial score (nSPS) is 12.2. The van der Waals surface area contributed by atoms with E-state index in [4.69, 9.17) is 0 Å². The van der Waals surface area contributed by atoms with Crippen molar-refractivity contribution in [2.24, 2.45) is 0 Å². The number of benzene rings is 3. The van der Waals surface area contributed by atoms with Crippen LogP contribution in [-0.2, 0) is 11.3 Å². The van der Waals surface area contributed by atoms with E-state index < -0.39 is 0 Å². The van der Waals surface area contributed by atoms with Crippen molar-refractivity contribution < 1.29 is 4.79 Å². The molecule has 0 unspecified atom stereocenters. The molecule has 154 valence electrons. The summed E-state index contributed by atoms with van der Waals surface area (Å²) >= 11 is 4.58. The van der Waals surface area contributed by atoms with Crippen molar-refractivity contribution in [1.82, 2.24) is 10.2 Å². The van der Waals surface area contributed by atoms with Gasteiger partial charge < -0.3 is 5.32 Å². The summed E-state index contributed by atoms with van der Waals surface area (Å²) in [5.74, 6) is 0.319. The number of thioether (sulfide) groups is 1. The Labute approximate surface area is 192 Å². The fourth-order valence-electron chi connectivity index (χ4n) is 3.27. The molecule has 0 spiro atoms. The van der Waals surface area contributed by atoms with E-state index in [9.17, 15) is 4.79 Å². The summed E-state index contributed by atoms with van der Waals surface area (Å²) in [5, 5.41) is 12.5. The predicted molar refractivity (Wildman–Crippen MR) is 129 cm³/mol. The Morgan fingerprint density at radius 1 is 0.871 bits per heavy atom. The second-order valence-corrected chi connectivity index (χ2v) is 10.1. The quantitative estimate of drug-likeness (QED) is 0.351. The standard InChI is InChI=1S/C23H18N4OS3/c28-21(15-29-23-26-25-22(31-23)24-14-16-8-2-1-3-9-16)27-17-10-4-6-12-19(17)30-20-13-7-5-11-18(20)27/h1-13H,14-15H2,(H,24,25). The summed E-state index contributed by atoms with van der Waals surface area (Å²) in [5.41, 5.74) is 3.04. The van der Waals surface area contributed by atoms with E-state index >= 15 is 0 Å². The zero-order valence-corrected chi connectivity index (χ0v) is 18.8. The second kappa shape index (κ2) is 9.13. The molecule has 0 atom stereocenters. The van der Waals surface area contributed by atoms with Crippen molar-refractivity contribution in [2.45, 2.75) is 20.7 Å². The predicted octanol–water partition coefficient (Wildman–Crippen LogP) is 6.07. The van der Waals surface area contributed by atoms with Crippen molar-refractivity contribution >= 4 is 57.3 Å². The largest absolute Gasteiger partial charge is 0.356 e. The number of rotatable bonds is 6. The topological polar surface area (TPSA) is 58.1 Å². The number of nitrogens with zero attached hydrogens (tertiary/aromatic N) is 3. The van der Waals surface area contributed by atoms with Crippen LogP contribution < -0.4 is 10.2 Å². The molecule has 31 heavy (non-hydrogen) atoms. The SMILES string of the molecule is O=C(CSc1nnc(NCc2ccccc2)s1)N1c2ccccc2Sc2ccccc21. The average Bonchev–Trinajstić information content (AvgIpc) is 3.28. The number of carbonyl (C=O) groups is 1. The third-order valence-electron chi connectivity index (χ3n) is 4.69. The molecule has 0 saturated carbocycles. The fourth-order valence-corrected chi connectivity index (χ4v) is 5.93. The van der Waals surface area contributed by atoms with Gasteiger partial charge in [0, 0.05) is 16.3 Å². The molecule has 0 bridgehead atoms. The number of aromatic nitrogens is 2. The summed E-state index contributed by atoms with van der Waals surface area (Å²) in [6.45, 7) is 0.693. The summed E-state index contributed by atoms with van der Waals surface area (Å²) in [6.07, 6.45) is 0. The van der Waals surface area contributed by atoms with Crippen LogP contribution in [-0.4, -0.2) is 21.9 Å². The maximum atomic E-state index is 13.3. The Morgan fingerprint density at radius 2 is 1.52 bits per heavy atom. The Bertz CT molecular complexity index is 1170. The third-order valence-corrected chi connectivity index (χ3v) is 7.82. The van der Waals surface area contributed by atoms with Gasteiger partial charge in [0.05, 0.1) is 17.1 Å². The number of fused-ring (bicyclic) bond motifs is 2. The van der Waals surface area contributed by atoms with Gasteiger partial charge in [0.15, 0.2) is 4.34 Å². The monoisotopic (exact) mass is 462 g/mol. The highest BCUT2D eigenvalue weighted by molar-refractivity contribution is 8.01. The molecule has 1 amide bonds. The minimum atomic E-state index is 0.0270. The molecule has 3 aromatic carbocycles. The number of para-hydroxylation sites is 2. The summed E-state index contributed by atoms with van der Waals surface area (Å²) in [4.78, 5) is 17.2. The zero-order chi connectivity index (χ0) is 21.0. The number of carbonyl (C=O) groups excluding carboxylic acids is 1. The molecule has 8 heteroatoms. The maximum absolute atomic E-state index is 13.3. The maximum Gasteiger partial charge on any atom is 0.242 e. The van der Waals surface area contributed by atoms with E-state index in [1.165, 1.54) is 28.7 Å². The lowest BCUT2D eigenvalue weighted by molar-refractivity contribution is -0.115. The molecule has 0 aliphatic carbocycles. The van der Waals surface area contributed by atoms with Gasteiger partial charge >= 0.3 is 0 Å². The van der Waals surface area contributed by atoms with Crippen LogP contribution in [0.3, 0.4) is 0 Å². The average molecular weight is 463 g/mol. The summed E-state index contributed by atoms with van der Waals surface area (Å²) in [6, 6.07) is 26.2. The number of amides is 1. The van der Waals surface area contributed by atoms with Crippen molar-refractivity contribution in [2.75, 3.05) is 16.0 Å². The molecule has 5 nitrogen and oxygen atoms in total. The number of nitrogens with one attached hydrogen (secondary N) is 1. The van der Waals surface area contributed by atoms with Crippen LogP contribution in [0.15, 0.2) is 93.0 Å². The van der Waals surface area contributed by atoms with Gasteiger partial charge in [0.1, 0.15) is 0 Å². The molecular weight excluding hydrogens is 444 g/mol. The zero-order valence-electron chi connectivity index (χ0n) is 16.4. The van der Waals surface area contributed by atoms with Crippen LogP contribution in [0, 0.1) is 0 Å². The smallest absolute Gasteiger partial charge is 0.242 e. The van der Waals surface area contributed by atoms with E-state index in [0.29, 0.717) is 12.3 Å². The van der Waals surface area contributed by atoms with Crippen molar-refractivity contribution in [3.05, 3.63) is 84.4 Å². The van der Waals surface area contributed by atoms with Crippen molar-refractivity contribution in [3.8, 4) is 0 Å². The van der Waals surface area contributed by atoms with Crippen LogP contribution in [0.5, 0.6) is 0 Å². The lowest BCUT2D eigenvalue weighted by Gasteiger charge is -2.30. The van der Waals surface area contributed by atoms with Crippen molar-refractivity contribution in [3.63, 3.8) is 0 Å². The molecule has 1 aliphatic heterocycles. The van der Waals surface area contributed by atoms with E-state index in [0.717, 1.165) is 30.6 Å². The molecule has 0 radical (unpaired) electrons. The highest BCUT2D eigenvalue weighted by Gasteiger charge is 2.27.